The highest BCUT2D eigenvalue weighted by Gasteiger charge is 2.46. The number of aliphatic hydroxyl groups is 9. The highest BCUT2D eigenvalue weighted by atomic mass is 31.2. The van der Waals surface area contributed by atoms with Gasteiger partial charge in [0.2, 0.25) is 35.4 Å². The molecular weight excluding hydrogens is 1590 g/mol. The van der Waals surface area contributed by atoms with E-state index in [9.17, 15) is 93.7 Å². The van der Waals surface area contributed by atoms with Gasteiger partial charge in [-0.3, -0.25) is 57.1 Å². The maximum atomic E-state index is 14.4. The number of carbonyl (C=O) groups is 9. The van der Waals surface area contributed by atoms with E-state index in [1.54, 1.807) is 18.7 Å². The van der Waals surface area contributed by atoms with Crippen LogP contribution in [0.3, 0.4) is 0 Å². The van der Waals surface area contributed by atoms with Crippen LogP contribution in [0.4, 0.5) is 0 Å². The smallest absolute Gasteiger partial charge is 0.394 e. The fraction of sp³-hybridized carbons (Fsp3) is 0.890. The van der Waals surface area contributed by atoms with Crippen molar-refractivity contribution < 1.29 is 141 Å². The highest BCUT2D eigenvalue weighted by Crippen LogP contribution is 2.42. The molecule has 17 atom stereocenters. The zero-order valence-electron chi connectivity index (χ0n) is 72.0. The summed E-state index contributed by atoms with van der Waals surface area (Å²) in [6.07, 6.45) is 0.758. The molecule has 3 heterocycles. The molecule has 3 aliphatic rings. The van der Waals surface area contributed by atoms with Gasteiger partial charge in [-0.05, 0) is 116 Å². The number of aliphatic hydroxyl groups excluding tert-OH is 9. The lowest BCUT2D eigenvalue weighted by atomic mass is 9.92. The Bertz CT molecular complexity index is 2720. The Morgan fingerprint density at radius 2 is 0.800 bits per heavy atom. The van der Waals surface area contributed by atoms with Gasteiger partial charge < -0.3 is 122 Å². The third-order valence-corrected chi connectivity index (χ3v) is 20.8. The zero-order valence-corrected chi connectivity index (χ0v) is 72.9. The van der Waals surface area contributed by atoms with Crippen LogP contribution in [0, 0.1) is 11.8 Å². The molecule has 0 radical (unpaired) electrons. The van der Waals surface area contributed by atoms with Crippen LogP contribution in [0.15, 0.2) is 0 Å². The van der Waals surface area contributed by atoms with Crippen LogP contribution >= 0.6 is 7.82 Å². The number of Topliss-reactive ketones (excluding diaryl/α,β-unsaturated/α-hetero) is 3. The van der Waals surface area contributed by atoms with Crippen molar-refractivity contribution in [1.82, 2.24) is 36.8 Å². The van der Waals surface area contributed by atoms with Crippen molar-refractivity contribution in [3.8, 4) is 0 Å². The molecule has 3 aliphatic heterocycles. The normalized spacial score (nSPS) is 23.2. The molecule has 0 aromatic carbocycles. The van der Waals surface area contributed by atoms with Crippen LogP contribution in [-0.4, -0.2) is 314 Å². The van der Waals surface area contributed by atoms with E-state index < -0.39 is 137 Å². The molecular formula is C82H161N8O29P. The van der Waals surface area contributed by atoms with Crippen LogP contribution in [-0.2, 0) is 89.9 Å². The summed E-state index contributed by atoms with van der Waals surface area (Å²) in [5.74, 6) is -3.20. The predicted molar refractivity (Wildman–Crippen MR) is 451 cm³/mol. The number of hydrogen-bond acceptors (Lipinski definition) is 30. The van der Waals surface area contributed by atoms with E-state index in [2.05, 4.69) is 40.9 Å². The van der Waals surface area contributed by atoms with Gasteiger partial charge in [0, 0.05) is 137 Å². The predicted octanol–water partition coefficient (Wildman–Crippen LogP) is 3.47. The van der Waals surface area contributed by atoms with E-state index in [1.807, 2.05) is 27.7 Å². The third kappa shape index (κ3) is 54.2. The van der Waals surface area contributed by atoms with Gasteiger partial charge in [0.25, 0.3) is 0 Å². The van der Waals surface area contributed by atoms with Crippen LogP contribution in [0.2, 0.25) is 0 Å². The van der Waals surface area contributed by atoms with Gasteiger partial charge >= 0.3 is 7.82 Å². The largest absolute Gasteiger partial charge is 0.471 e. The monoisotopic (exact) mass is 1750 g/mol. The summed E-state index contributed by atoms with van der Waals surface area (Å²) in [4.78, 5) is 127. The number of phosphoric acid groups is 1. The number of methoxy groups -OCH3 is 1. The van der Waals surface area contributed by atoms with Gasteiger partial charge in [0.1, 0.15) is 66.1 Å². The standard InChI is InChI=1S/C69H123N7O25.C7H18NO4P.2C2H6.2CH4/c1-45-61(89)63(91)52(42-77)99-67(45)96-36-17-5-8-26-56(85)71-33-16-13-25-51(83)50(24-12-15-32-72-58(87)29-20-23-48(81)30-39-95-4)76(41-59(88)74-35-21-34-73-57(86)28-9-6-18-37-97-68-46(2)62(90)64(92)53(43-78)100-68)40-49(82)22-11-14-31-70-55(84)27-10-7-19-38-98-69-60(75-47(3)80)66(94)65(93)54(44-79)101-69;1-11-13(9,10)12-7-5-3-2-4-6-8;2*1-2;;/h45-46,50,52-54,60-69,77-79,89-94H,5-44H2,1-4H3,(H,70,84)(H,71,85)(H,72,87)(H,73,86)(H,74,88)(H,75,80);2-8H2,1H3,(H,9,10);2*1-2H3;2*1H4/t45?,46?,50?,52?,53?,54?,60?,61-,62-,63+,64+,65+,66-,67-,68-,69-;;;;;/m1...../s1. The summed E-state index contributed by atoms with van der Waals surface area (Å²) in [7, 11) is -1.10. The molecule has 0 aromatic rings. The number of nitrogens with two attached hydrogens (primary N) is 1. The molecule has 3 rings (SSSR count). The Kier molecular flexibility index (Phi) is 74.1. The first-order chi connectivity index (χ1) is 56.6. The lowest BCUT2D eigenvalue weighted by Crippen LogP contribution is -2.64. The van der Waals surface area contributed by atoms with Crippen molar-refractivity contribution in [3.05, 3.63) is 0 Å². The Morgan fingerprint density at radius 3 is 1.24 bits per heavy atom. The number of unbranched alkanes of at least 4 members (excludes halogenated alkanes) is 12. The molecule has 18 N–H and O–H groups in total. The van der Waals surface area contributed by atoms with Crippen LogP contribution in [0.1, 0.15) is 256 Å². The maximum Gasteiger partial charge on any atom is 0.471 e. The van der Waals surface area contributed by atoms with Gasteiger partial charge in [0.05, 0.1) is 64.4 Å². The molecule has 708 valence electrons. The fourth-order valence-electron chi connectivity index (χ4n) is 12.8. The van der Waals surface area contributed by atoms with Crippen molar-refractivity contribution in [2.75, 3.05) is 119 Å². The average Bonchev–Trinajstić information content (AvgIpc) is 0.815. The summed E-state index contributed by atoms with van der Waals surface area (Å²) in [5, 5.41) is 107. The first-order valence-corrected chi connectivity index (χ1v) is 44.4. The van der Waals surface area contributed by atoms with Crippen LogP contribution in [0.25, 0.3) is 0 Å². The molecule has 37 nitrogen and oxygen atoms in total. The summed E-state index contributed by atoms with van der Waals surface area (Å²) in [5.41, 5.74) is 5.30. The van der Waals surface area contributed by atoms with Gasteiger partial charge in [-0.1, -0.05) is 88.5 Å². The summed E-state index contributed by atoms with van der Waals surface area (Å²) >= 11 is 0. The number of rotatable bonds is 65. The average molecular weight is 1750 g/mol. The number of ketones is 3. The molecule has 38 heteroatoms. The molecule has 3 fully saturated rings. The van der Waals surface area contributed by atoms with Crippen molar-refractivity contribution in [2.45, 2.75) is 342 Å². The SMILES string of the molecule is C.C.CC.CC.COCCC(=O)CCCC(=O)NCCCCC(C(=O)CCCCNC(=O)CCCCCO[C@@H]1OC(CO)[C@H](O)[C@H](O)C1C)N(CC(=O)CCCCNC(=O)CCCCCO[C@@H]1OC(CO)[C@H](O)[C@H](O)C1NC(C)=O)CC(=O)NCCCNC(=O)CCCCCO[C@@H]1OC(CO)[C@H](O)[C@H](O)C1C.COP(=O)(O)OCCCCCCN. The number of hydrogen-bond donors (Lipinski definition) is 17. The quantitative estimate of drug-likeness (QED) is 0.0306. The molecule has 8 unspecified atom stereocenters. The van der Waals surface area contributed by atoms with Gasteiger partial charge in [-0.15, -0.1) is 0 Å². The highest BCUT2D eigenvalue weighted by molar-refractivity contribution is 7.47. The topological polar surface area (TPSA) is 558 Å². The van der Waals surface area contributed by atoms with E-state index in [0.29, 0.717) is 129 Å². The molecule has 0 aliphatic carbocycles. The zero-order chi connectivity index (χ0) is 88.6. The van der Waals surface area contributed by atoms with E-state index in [4.69, 9.17) is 43.8 Å². The van der Waals surface area contributed by atoms with Crippen LogP contribution in [0.5, 0.6) is 0 Å². The van der Waals surface area contributed by atoms with Crippen molar-refractivity contribution >= 4 is 60.6 Å². The molecule has 0 aromatic heterocycles. The molecule has 0 bridgehead atoms. The van der Waals surface area contributed by atoms with E-state index in [-0.39, 0.29) is 179 Å². The minimum absolute atomic E-state index is 0. The number of nitrogens with one attached hydrogen (secondary N) is 6. The lowest BCUT2D eigenvalue weighted by molar-refractivity contribution is -0.282. The second kappa shape index (κ2) is 74.5. The third-order valence-electron chi connectivity index (χ3n) is 19.8. The number of nitrogens with zero attached hydrogens (tertiary/aromatic N) is 1. The maximum absolute atomic E-state index is 14.4. The number of carbonyl (C=O) groups excluding carboxylic acids is 9. The van der Waals surface area contributed by atoms with Crippen LogP contribution < -0.4 is 37.6 Å². The van der Waals surface area contributed by atoms with E-state index in [0.717, 1.165) is 32.8 Å². The van der Waals surface area contributed by atoms with Crippen molar-refractivity contribution in [3.63, 3.8) is 0 Å². The molecule has 6 amide bonds. The number of phosphoric ester groups is 1. The van der Waals surface area contributed by atoms with Crippen molar-refractivity contribution in [2.24, 2.45) is 17.6 Å². The van der Waals surface area contributed by atoms with Gasteiger partial charge in [-0.25, -0.2) is 4.57 Å². The second-order valence-electron chi connectivity index (χ2n) is 29.4. The minimum Gasteiger partial charge on any atom is -0.394 e. The Labute approximate surface area is 714 Å². The summed E-state index contributed by atoms with van der Waals surface area (Å²) in [6, 6.07) is -1.96. The Hall–Kier alpha value is -4.78. The molecule has 3 saturated heterocycles. The number of ether oxygens (including phenoxy) is 7. The molecule has 0 saturated carbocycles. The Morgan fingerprint density at radius 1 is 0.425 bits per heavy atom. The van der Waals surface area contributed by atoms with Gasteiger partial charge in [0.15, 0.2) is 18.9 Å². The molecule has 120 heavy (non-hydrogen) atoms. The van der Waals surface area contributed by atoms with Gasteiger partial charge in [-0.2, -0.15) is 0 Å². The lowest BCUT2D eigenvalue weighted by Gasteiger charge is -2.42. The molecule has 0 spiro atoms. The summed E-state index contributed by atoms with van der Waals surface area (Å²) in [6.45, 7) is 13.8. The first kappa shape index (κ1) is 119. The number of amides is 6. The minimum atomic E-state index is -3.75. The second-order valence-corrected chi connectivity index (χ2v) is 30.9. The summed E-state index contributed by atoms with van der Waals surface area (Å²) < 4.78 is 58.7. The first-order valence-electron chi connectivity index (χ1n) is 42.9. The Balaban J connectivity index is -0.00000649. The fourth-order valence-corrected chi connectivity index (χ4v) is 13.3. The van der Waals surface area contributed by atoms with Crippen molar-refractivity contribution in [1.29, 1.82) is 0 Å². The van der Waals surface area contributed by atoms with E-state index in [1.165, 1.54) is 14.0 Å². The van der Waals surface area contributed by atoms with E-state index >= 15 is 0 Å².